The van der Waals surface area contributed by atoms with E-state index in [2.05, 4.69) is 0 Å². The van der Waals surface area contributed by atoms with Crippen molar-refractivity contribution in [3.63, 3.8) is 0 Å². The van der Waals surface area contributed by atoms with E-state index in [1.54, 1.807) is 6.92 Å². The molecule has 0 aromatic heterocycles. The summed E-state index contributed by atoms with van der Waals surface area (Å²) in [6.07, 6.45) is 0.916. The molecule has 11 heavy (non-hydrogen) atoms. The van der Waals surface area contributed by atoms with Crippen molar-refractivity contribution in [1.29, 1.82) is 0 Å². The van der Waals surface area contributed by atoms with Gasteiger partial charge in [-0.15, -0.1) is 0 Å². The predicted octanol–water partition coefficient (Wildman–Crippen LogP) is 1.20. The monoisotopic (exact) mass is 161 g/mol. The number of nitro groups is 1. The van der Waals surface area contributed by atoms with Crippen LogP contribution in [0, 0.1) is 10.1 Å². The highest BCUT2D eigenvalue weighted by atomic mass is 16.6. The zero-order chi connectivity index (χ0) is 8.85. The van der Waals surface area contributed by atoms with Crippen molar-refractivity contribution in [3.05, 3.63) is 10.1 Å². The Labute approximate surface area is 66.4 Å². The van der Waals surface area contributed by atoms with E-state index in [-0.39, 0.29) is 0 Å². The molecule has 0 aliphatic carbocycles. The molecule has 0 aliphatic heterocycles. The highest BCUT2D eigenvalue weighted by Crippen LogP contribution is 2.08. The fourth-order valence-corrected chi connectivity index (χ4v) is 1.05. The predicted molar refractivity (Wildman–Crippen MR) is 42.0 cm³/mol. The van der Waals surface area contributed by atoms with Gasteiger partial charge in [-0.1, -0.05) is 20.3 Å². The molecule has 0 aromatic carbocycles. The third-order valence-corrected chi connectivity index (χ3v) is 1.72. The maximum atomic E-state index is 10.3. The van der Waals surface area contributed by atoms with Crippen molar-refractivity contribution in [1.82, 2.24) is 0 Å². The molecule has 0 radical (unpaired) electrons. The number of rotatable bonds is 5. The maximum absolute atomic E-state index is 10.3. The minimum Gasteiger partial charge on any atom is -0.386 e. The summed E-state index contributed by atoms with van der Waals surface area (Å²) in [5, 5.41) is 19.5. The third-order valence-electron chi connectivity index (χ3n) is 1.72. The Hall–Kier alpha value is -0.640. The fourth-order valence-electron chi connectivity index (χ4n) is 1.05. The maximum Gasteiger partial charge on any atom is 0.238 e. The highest BCUT2D eigenvalue weighted by molar-refractivity contribution is 4.65. The van der Waals surface area contributed by atoms with Gasteiger partial charge in [0.1, 0.15) is 6.10 Å². The van der Waals surface area contributed by atoms with Gasteiger partial charge in [-0.2, -0.15) is 0 Å². The molecule has 0 bridgehead atoms. The van der Waals surface area contributed by atoms with E-state index in [1.165, 1.54) is 0 Å². The van der Waals surface area contributed by atoms with Gasteiger partial charge >= 0.3 is 0 Å². The largest absolute Gasteiger partial charge is 0.386 e. The molecule has 0 saturated heterocycles. The van der Waals surface area contributed by atoms with Crippen molar-refractivity contribution < 1.29 is 10.0 Å². The molecule has 0 amide bonds. The van der Waals surface area contributed by atoms with Gasteiger partial charge in [0.25, 0.3) is 0 Å². The van der Waals surface area contributed by atoms with E-state index in [4.69, 9.17) is 0 Å². The number of aliphatic hydroxyl groups excluding tert-OH is 1. The Morgan fingerprint density at radius 1 is 1.55 bits per heavy atom. The first-order valence-electron chi connectivity index (χ1n) is 3.95. The smallest absolute Gasteiger partial charge is 0.238 e. The lowest BCUT2D eigenvalue weighted by Gasteiger charge is -2.12. The van der Waals surface area contributed by atoms with Gasteiger partial charge in [-0.3, -0.25) is 10.1 Å². The van der Waals surface area contributed by atoms with E-state index >= 15 is 0 Å². The van der Waals surface area contributed by atoms with Gasteiger partial charge < -0.3 is 5.11 Å². The average Bonchev–Trinajstić information content (AvgIpc) is 1.88. The van der Waals surface area contributed by atoms with Gasteiger partial charge in [-0.05, 0) is 6.42 Å². The molecule has 0 spiro atoms. The van der Waals surface area contributed by atoms with Crippen molar-refractivity contribution in [3.8, 4) is 0 Å². The molecule has 1 N–H and O–H groups in total. The quantitative estimate of drug-likeness (QED) is 0.486. The summed E-state index contributed by atoms with van der Waals surface area (Å²) in [7, 11) is 0. The van der Waals surface area contributed by atoms with Crippen LogP contribution in [0.3, 0.4) is 0 Å². The van der Waals surface area contributed by atoms with E-state index in [0.29, 0.717) is 12.8 Å². The van der Waals surface area contributed by atoms with E-state index in [0.717, 1.165) is 6.42 Å². The fraction of sp³-hybridized carbons (Fsp3) is 1.00. The molecule has 0 rings (SSSR count). The highest BCUT2D eigenvalue weighted by Gasteiger charge is 2.26. The Morgan fingerprint density at radius 3 is 2.36 bits per heavy atom. The number of nitrogens with zero attached hydrogens (tertiary/aromatic N) is 1. The minimum absolute atomic E-state index is 0.397. The zero-order valence-corrected chi connectivity index (χ0v) is 6.99. The van der Waals surface area contributed by atoms with Crippen molar-refractivity contribution in [2.45, 2.75) is 45.3 Å². The molecule has 4 nitrogen and oxygen atoms in total. The van der Waals surface area contributed by atoms with Gasteiger partial charge in [0.05, 0.1) is 0 Å². The third kappa shape index (κ3) is 3.32. The van der Waals surface area contributed by atoms with Crippen molar-refractivity contribution in [2.24, 2.45) is 0 Å². The normalized spacial score (nSPS) is 15.9. The molecule has 0 heterocycles. The van der Waals surface area contributed by atoms with Crippen molar-refractivity contribution in [2.75, 3.05) is 0 Å². The second-order valence-corrected chi connectivity index (χ2v) is 2.62. The molecule has 0 aromatic rings. The van der Waals surface area contributed by atoms with Crippen LogP contribution in [0.15, 0.2) is 0 Å². The summed E-state index contributed by atoms with van der Waals surface area (Å²) in [6.45, 7) is 3.61. The lowest BCUT2D eigenvalue weighted by Crippen LogP contribution is -2.32. The molecule has 0 fully saturated rings. The molecule has 66 valence electrons. The Kier molecular flexibility index (Phi) is 4.77. The van der Waals surface area contributed by atoms with Crippen LogP contribution in [0.2, 0.25) is 0 Å². The Balaban J connectivity index is 3.91. The topological polar surface area (TPSA) is 63.4 Å². The van der Waals surface area contributed by atoms with Gasteiger partial charge in [0.15, 0.2) is 0 Å². The number of hydrogen-bond donors (Lipinski definition) is 1. The summed E-state index contributed by atoms with van der Waals surface area (Å²) >= 11 is 0. The Morgan fingerprint density at radius 2 is 2.09 bits per heavy atom. The van der Waals surface area contributed by atoms with Gasteiger partial charge in [0.2, 0.25) is 6.04 Å². The van der Waals surface area contributed by atoms with Crippen LogP contribution < -0.4 is 0 Å². The van der Waals surface area contributed by atoms with E-state index in [1.807, 2.05) is 6.92 Å². The van der Waals surface area contributed by atoms with E-state index < -0.39 is 17.1 Å². The van der Waals surface area contributed by atoms with Gasteiger partial charge in [-0.25, -0.2) is 0 Å². The lowest BCUT2D eigenvalue weighted by molar-refractivity contribution is -0.534. The van der Waals surface area contributed by atoms with Crippen LogP contribution in [-0.4, -0.2) is 22.2 Å². The molecular formula is C7H15NO3. The first kappa shape index (κ1) is 10.4. The van der Waals surface area contributed by atoms with E-state index in [9.17, 15) is 15.2 Å². The van der Waals surface area contributed by atoms with Crippen LogP contribution >= 0.6 is 0 Å². The summed E-state index contributed by atoms with van der Waals surface area (Å²) < 4.78 is 0. The average molecular weight is 161 g/mol. The second kappa shape index (κ2) is 5.07. The van der Waals surface area contributed by atoms with Gasteiger partial charge in [0, 0.05) is 11.3 Å². The lowest BCUT2D eigenvalue weighted by atomic mass is 10.1. The first-order chi connectivity index (χ1) is 5.13. The zero-order valence-electron chi connectivity index (χ0n) is 6.99. The van der Waals surface area contributed by atoms with Crippen molar-refractivity contribution >= 4 is 0 Å². The summed E-state index contributed by atoms with van der Waals surface area (Å²) in [5.41, 5.74) is 0. The molecular weight excluding hydrogens is 146 g/mol. The molecule has 2 atom stereocenters. The standard InChI is InChI=1S/C7H15NO3/c1-3-5-7(9)6(4-2)8(10)11/h6-7,9H,3-5H2,1-2H3/t6-,7+/m0/s1. The van der Waals surface area contributed by atoms with Crippen LogP contribution in [0.4, 0.5) is 0 Å². The first-order valence-corrected chi connectivity index (χ1v) is 3.95. The summed E-state index contributed by atoms with van der Waals surface area (Å²) in [6, 6.07) is -0.782. The molecule has 4 heteroatoms. The van der Waals surface area contributed by atoms with Crippen LogP contribution in [0.25, 0.3) is 0 Å². The summed E-state index contributed by atoms with van der Waals surface area (Å²) in [5.74, 6) is 0. The summed E-state index contributed by atoms with van der Waals surface area (Å²) in [4.78, 5) is 9.89. The SMILES string of the molecule is CCC[C@@H](O)[C@H](CC)[N+](=O)[O-]. The minimum atomic E-state index is -0.782. The molecule has 0 aliphatic rings. The van der Waals surface area contributed by atoms with Crippen LogP contribution in [-0.2, 0) is 0 Å². The van der Waals surface area contributed by atoms with Crippen LogP contribution in [0.5, 0.6) is 0 Å². The molecule has 0 unspecified atom stereocenters. The Bertz CT molecular complexity index is 127. The number of aliphatic hydroxyl groups is 1. The molecule has 0 saturated carbocycles. The second-order valence-electron chi connectivity index (χ2n) is 2.62. The van der Waals surface area contributed by atoms with Crippen LogP contribution in [0.1, 0.15) is 33.1 Å². The number of hydrogen-bond acceptors (Lipinski definition) is 3.